The van der Waals surface area contributed by atoms with Crippen LogP contribution in [0.15, 0.2) is 30.3 Å². The molecular formula is C14H18N6O6. The number of nitrogen functional groups attached to an aromatic ring is 2. The fourth-order valence-electron chi connectivity index (χ4n) is 1.74. The second-order valence-electron chi connectivity index (χ2n) is 4.87. The maximum absolute atomic E-state index is 10.6. The monoisotopic (exact) mass is 366 g/mol. The van der Waals surface area contributed by atoms with E-state index in [9.17, 15) is 20.2 Å². The van der Waals surface area contributed by atoms with Crippen molar-refractivity contribution in [1.29, 1.82) is 0 Å². The Balaban J connectivity index is 0.000000273. The lowest BCUT2D eigenvalue weighted by Crippen LogP contribution is -2.05. The summed E-state index contributed by atoms with van der Waals surface area (Å²) < 4.78 is 0. The molecule has 0 unspecified atom stereocenters. The van der Waals surface area contributed by atoms with Crippen molar-refractivity contribution in [3.8, 4) is 5.75 Å². The average Bonchev–Trinajstić information content (AvgIpc) is 2.58. The standard InChI is InChI=1S/C9H12N2O4.C5H6N4O2/c12-5-1-4-10-8-3-2-7(13)6-9(8)11(14)15;6-3-1-2-4(7)8-5(3)9(10)11/h2-3,6,10,12-13H,1,4-5H2;1-2H,6H2,(H2,7,8). The first-order chi connectivity index (χ1) is 12.3. The van der Waals surface area contributed by atoms with E-state index < -0.39 is 15.7 Å². The molecule has 2 aromatic rings. The molecule has 0 atom stereocenters. The van der Waals surface area contributed by atoms with Crippen molar-refractivity contribution < 1.29 is 20.1 Å². The van der Waals surface area contributed by atoms with E-state index in [0.29, 0.717) is 18.7 Å². The molecule has 0 aliphatic rings. The number of phenolic OH excluding ortho intramolecular Hbond substituents is 1. The van der Waals surface area contributed by atoms with Crippen LogP contribution in [-0.4, -0.2) is 38.2 Å². The molecule has 0 spiro atoms. The van der Waals surface area contributed by atoms with Crippen LogP contribution in [0.1, 0.15) is 6.42 Å². The molecule has 12 heteroatoms. The van der Waals surface area contributed by atoms with Gasteiger partial charge in [-0.3, -0.25) is 10.1 Å². The Kier molecular flexibility index (Phi) is 7.51. The zero-order valence-corrected chi connectivity index (χ0v) is 13.5. The van der Waals surface area contributed by atoms with Gasteiger partial charge in [0.25, 0.3) is 5.69 Å². The Bertz CT molecular complexity index is 785. The molecule has 0 saturated carbocycles. The van der Waals surface area contributed by atoms with Crippen molar-refractivity contribution in [2.75, 3.05) is 29.9 Å². The smallest absolute Gasteiger partial charge is 0.388 e. The molecule has 0 aliphatic heterocycles. The number of phenols is 1. The zero-order valence-electron chi connectivity index (χ0n) is 13.5. The summed E-state index contributed by atoms with van der Waals surface area (Å²) in [6.07, 6.45) is 0.512. The number of pyridine rings is 1. The van der Waals surface area contributed by atoms with Gasteiger partial charge >= 0.3 is 5.82 Å². The van der Waals surface area contributed by atoms with Crippen molar-refractivity contribution in [3.63, 3.8) is 0 Å². The number of hydrogen-bond donors (Lipinski definition) is 5. The molecule has 0 amide bonds. The first kappa shape index (κ1) is 20.4. The molecule has 0 fully saturated rings. The number of aromatic hydroxyl groups is 1. The van der Waals surface area contributed by atoms with Crippen LogP contribution in [0.25, 0.3) is 0 Å². The Morgan fingerprint density at radius 2 is 1.81 bits per heavy atom. The molecule has 1 aromatic heterocycles. The highest BCUT2D eigenvalue weighted by Gasteiger charge is 2.14. The number of nitrogens with one attached hydrogen (secondary N) is 1. The van der Waals surface area contributed by atoms with Crippen molar-refractivity contribution in [3.05, 3.63) is 50.6 Å². The Hall–Kier alpha value is -3.67. The molecule has 0 radical (unpaired) electrons. The maximum Gasteiger partial charge on any atom is 0.388 e. The van der Waals surface area contributed by atoms with Gasteiger partial charge in [-0.2, -0.15) is 0 Å². The molecular weight excluding hydrogens is 348 g/mol. The van der Waals surface area contributed by atoms with Gasteiger partial charge in [0, 0.05) is 19.2 Å². The third kappa shape index (κ3) is 6.09. The van der Waals surface area contributed by atoms with E-state index in [-0.39, 0.29) is 29.5 Å². The predicted octanol–water partition coefficient (Wildman–Crippen LogP) is 1.25. The lowest BCUT2D eigenvalue weighted by molar-refractivity contribution is -0.388. The highest BCUT2D eigenvalue weighted by molar-refractivity contribution is 5.63. The number of hydrogen-bond acceptors (Lipinski definition) is 10. The van der Waals surface area contributed by atoms with Gasteiger partial charge in [0.1, 0.15) is 17.1 Å². The van der Waals surface area contributed by atoms with Crippen LogP contribution in [0, 0.1) is 20.2 Å². The molecule has 1 heterocycles. The third-order valence-electron chi connectivity index (χ3n) is 2.93. The minimum Gasteiger partial charge on any atom is -0.508 e. The van der Waals surface area contributed by atoms with E-state index in [0.717, 1.165) is 6.07 Å². The second kappa shape index (κ2) is 9.58. The molecule has 1 aromatic carbocycles. The summed E-state index contributed by atoms with van der Waals surface area (Å²) in [5, 5.41) is 41.2. The van der Waals surface area contributed by atoms with Crippen molar-refractivity contribution >= 4 is 28.7 Å². The number of nitro benzene ring substituents is 1. The molecule has 2 rings (SSSR count). The largest absolute Gasteiger partial charge is 0.508 e. The molecule has 26 heavy (non-hydrogen) atoms. The maximum atomic E-state index is 10.6. The number of nitrogens with two attached hydrogens (primary N) is 2. The van der Waals surface area contributed by atoms with Gasteiger partial charge in [-0.05, 0) is 34.5 Å². The van der Waals surface area contributed by atoms with E-state index in [2.05, 4.69) is 10.3 Å². The van der Waals surface area contributed by atoms with Crippen LogP contribution >= 0.6 is 0 Å². The second-order valence-corrected chi connectivity index (χ2v) is 4.87. The van der Waals surface area contributed by atoms with Crippen molar-refractivity contribution in [2.45, 2.75) is 6.42 Å². The number of aromatic nitrogens is 1. The van der Waals surface area contributed by atoms with E-state index in [1.807, 2.05) is 0 Å². The van der Waals surface area contributed by atoms with Gasteiger partial charge in [0.2, 0.25) is 5.82 Å². The number of benzene rings is 1. The molecule has 12 nitrogen and oxygen atoms in total. The van der Waals surface area contributed by atoms with Gasteiger partial charge in [0.05, 0.1) is 11.0 Å². The van der Waals surface area contributed by atoms with Crippen molar-refractivity contribution in [2.24, 2.45) is 0 Å². The van der Waals surface area contributed by atoms with Crippen LogP contribution < -0.4 is 16.8 Å². The van der Waals surface area contributed by atoms with E-state index in [1.54, 1.807) is 0 Å². The summed E-state index contributed by atoms with van der Waals surface area (Å²) in [7, 11) is 0. The van der Waals surface area contributed by atoms with Crippen LogP contribution in [-0.2, 0) is 0 Å². The molecule has 140 valence electrons. The van der Waals surface area contributed by atoms with Gasteiger partial charge in [-0.15, -0.1) is 0 Å². The average molecular weight is 366 g/mol. The highest BCUT2D eigenvalue weighted by atomic mass is 16.6. The number of rotatable bonds is 6. The summed E-state index contributed by atoms with van der Waals surface area (Å²) in [5.41, 5.74) is 10.6. The number of aliphatic hydroxyl groups excluding tert-OH is 1. The van der Waals surface area contributed by atoms with Crippen LogP contribution in [0.5, 0.6) is 5.75 Å². The van der Waals surface area contributed by atoms with Crippen molar-refractivity contribution in [1.82, 2.24) is 4.98 Å². The summed E-state index contributed by atoms with van der Waals surface area (Å²) in [4.78, 5) is 23.0. The first-order valence-electron chi connectivity index (χ1n) is 7.24. The summed E-state index contributed by atoms with van der Waals surface area (Å²) >= 11 is 0. The van der Waals surface area contributed by atoms with E-state index in [4.69, 9.17) is 21.7 Å². The fraction of sp³-hybridized carbons (Fsp3) is 0.214. The topological polar surface area (TPSA) is 204 Å². The van der Waals surface area contributed by atoms with E-state index in [1.165, 1.54) is 24.3 Å². The van der Waals surface area contributed by atoms with Crippen LogP contribution in [0.2, 0.25) is 0 Å². The normalized spacial score (nSPS) is 9.73. The van der Waals surface area contributed by atoms with Gasteiger partial charge in [0.15, 0.2) is 0 Å². The molecule has 0 aliphatic carbocycles. The third-order valence-corrected chi connectivity index (χ3v) is 2.93. The number of nitrogens with zero attached hydrogens (tertiary/aromatic N) is 3. The van der Waals surface area contributed by atoms with Gasteiger partial charge in [-0.1, -0.05) is 0 Å². The van der Waals surface area contributed by atoms with E-state index >= 15 is 0 Å². The quantitative estimate of drug-likeness (QED) is 0.214. The summed E-state index contributed by atoms with van der Waals surface area (Å²) in [5.74, 6) is -0.453. The number of nitro groups is 2. The lowest BCUT2D eigenvalue weighted by Gasteiger charge is -2.05. The molecule has 0 saturated heterocycles. The summed E-state index contributed by atoms with van der Waals surface area (Å²) in [6.45, 7) is 0.473. The molecule has 0 bridgehead atoms. The highest BCUT2D eigenvalue weighted by Crippen LogP contribution is 2.28. The Labute approximate surface area is 147 Å². The number of anilines is 3. The van der Waals surface area contributed by atoms with Crippen LogP contribution in [0.4, 0.5) is 28.7 Å². The molecule has 7 N–H and O–H groups in total. The Morgan fingerprint density at radius 3 is 2.35 bits per heavy atom. The SMILES string of the molecule is Nc1ccc(N)c([N+](=O)[O-])n1.O=[N+]([O-])c1cc(O)ccc1NCCCO. The minimum absolute atomic E-state index is 0.0178. The minimum atomic E-state index is -0.675. The zero-order chi connectivity index (χ0) is 19.7. The first-order valence-corrected chi connectivity index (χ1v) is 7.24. The summed E-state index contributed by atoms with van der Waals surface area (Å²) in [6, 6.07) is 6.64. The predicted molar refractivity (Wildman–Crippen MR) is 94.7 cm³/mol. The Morgan fingerprint density at radius 1 is 1.12 bits per heavy atom. The number of aliphatic hydroxyl groups is 1. The van der Waals surface area contributed by atoms with Gasteiger partial charge in [-0.25, -0.2) is 0 Å². The van der Waals surface area contributed by atoms with Gasteiger partial charge < -0.3 is 37.1 Å². The van der Waals surface area contributed by atoms with Crippen LogP contribution in [0.3, 0.4) is 0 Å². The fourth-order valence-corrected chi connectivity index (χ4v) is 1.74. The lowest BCUT2D eigenvalue weighted by atomic mass is 10.2.